The Morgan fingerprint density at radius 1 is 1.08 bits per heavy atom. The van der Waals surface area contributed by atoms with Gasteiger partial charge < -0.3 is 10.6 Å². The van der Waals surface area contributed by atoms with E-state index in [-0.39, 0.29) is 18.4 Å². The summed E-state index contributed by atoms with van der Waals surface area (Å²) in [6.45, 7) is 1.63. The number of rotatable bonds is 7. The van der Waals surface area contributed by atoms with E-state index in [2.05, 4.69) is 17.0 Å². The summed E-state index contributed by atoms with van der Waals surface area (Å²) in [4.78, 5) is 14.8. The number of amides is 1. The van der Waals surface area contributed by atoms with Crippen LogP contribution in [0, 0.1) is 0 Å². The van der Waals surface area contributed by atoms with Crippen molar-refractivity contribution in [1.29, 1.82) is 0 Å². The van der Waals surface area contributed by atoms with Gasteiger partial charge in [-0.3, -0.25) is 4.79 Å². The molecule has 0 radical (unpaired) electrons. The highest BCUT2D eigenvalue weighted by molar-refractivity contribution is 6.30. The predicted molar refractivity (Wildman–Crippen MR) is 104 cm³/mol. The van der Waals surface area contributed by atoms with Crippen molar-refractivity contribution in [3.8, 4) is 0 Å². The van der Waals surface area contributed by atoms with Crippen molar-refractivity contribution in [2.24, 2.45) is 5.73 Å². The highest BCUT2D eigenvalue weighted by Gasteiger charge is 2.26. The third-order valence-corrected chi connectivity index (χ3v) is 4.92. The smallest absolute Gasteiger partial charge is 0.223 e. The van der Waals surface area contributed by atoms with Gasteiger partial charge in [-0.15, -0.1) is 12.4 Å². The Hall–Kier alpha value is -0.770. The van der Waals surface area contributed by atoms with Gasteiger partial charge in [-0.05, 0) is 49.9 Å². The Morgan fingerprint density at radius 3 is 2.50 bits per heavy atom. The zero-order chi connectivity index (χ0) is 16.5. The zero-order valence-electron chi connectivity index (χ0n) is 14.4. The molecular formula is C19H30Cl2N2O. The average molecular weight is 373 g/mol. The summed E-state index contributed by atoms with van der Waals surface area (Å²) in [6.07, 6.45) is 9.50. The minimum atomic E-state index is 0. The minimum absolute atomic E-state index is 0. The fraction of sp³-hybridized carbons (Fsp3) is 0.632. The topological polar surface area (TPSA) is 46.3 Å². The Kier molecular flexibility index (Phi) is 10.4. The molecule has 1 aromatic carbocycles. The number of halogens is 2. The maximum atomic E-state index is 12.7. The van der Waals surface area contributed by atoms with Gasteiger partial charge in [0.2, 0.25) is 5.91 Å². The van der Waals surface area contributed by atoms with Gasteiger partial charge in [-0.1, -0.05) is 49.4 Å². The molecule has 1 heterocycles. The molecule has 0 aromatic heterocycles. The van der Waals surface area contributed by atoms with Gasteiger partial charge in [0.1, 0.15) is 0 Å². The van der Waals surface area contributed by atoms with Crippen LogP contribution in [-0.2, 0) is 4.79 Å². The second kappa shape index (κ2) is 11.7. The van der Waals surface area contributed by atoms with Crippen LogP contribution < -0.4 is 5.73 Å². The van der Waals surface area contributed by atoms with Crippen LogP contribution in [0.15, 0.2) is 24.3 Å². The summed E-state index contributed by atoms with van der Waals surface area (Å²) in [7, 11) is 0. The van der Waals surface area contributed by atoms with Crippen molar-refractivity contribution in [2.45, 2.75) is 63.8 Å². The summed E-state index contributed by atoms with van der Waals surface area (Å²) in [5, 5.41) is 0.750. The molecule has 5 heteroatoms. The number of hydrogen-bond donors (Lipinski definition) is 1. The van der Waals surface area contributed by atoms with E-state index < -0.39 is 0 Å². The molecule has 1 saturated heterocycles. The molecule has 1 aromatic rings. The molecule has 0 bridgehead atoms. The molecule has 0 spiro atoms. The van der Waals surface area contributed by atoms with Gasteiger partial charge in [0, 0.05) is 18.0 Å². The predicted octanol–water partition coefficient (Wildman–Crippen LogP) is 5.11. The third kappa shape index (κ3) is 6.62. The molecule has 1 aliphatic heterocycles. The van der Waals surface area contributed by atoms with Gasteiger partial charge in [0.05, 0.1) is 6.04 Å². The first kappa shape index (κ1) is 21.3. The highest BCUT2D eigenvalue weighted by Crippen LogP contribution is 2.31. The first-order chi connectivity index (χ1) is 11.2. The van der Waals surface area contributed by atoms with Crippen LogP contribution in [0.4, 0.5) is 0 Å². The monoisotopic (exact) mass is 372 g/mol. The Labute approximate surface area is 157 Å². The first-order valence-corrected chi connectivity index (χ1v) is 9.35. The van der Waals surface area contributed by atoms with E-state index in [0.717, 1.165) is 56.6 Å². The lowest BCUT2D eigenvalue weighted by Gasteiger charge is -2.30. The molecule has 1 fully saturated rings. The van der Waals surface area contributed by atoms with Crippen molar-refractivity contribution in [1.82, 2.24) is 4.90 Å². The second-order valence-electron chi connectivity index (χ2n) is 6.46. The van der Waals surface area contributed by atoms with Crippen LogP contribution >= 0.6 is 24.0 Å². The molecule has 136 valence electrons. The fourth-order valence-corrected chi connectivity index (χ4v) is 3.48. The van der Waals surface area contributed by atoms with Gasteiger partial charge in [0.15, 0.2) is 0 Å². The number of nitrogens with zero attached hydrogens (tertiary/aromatic N) is 1. The molecule has 3 nitrogen and oxygen atoms in total. The largest absolute Gasteiger partial charge is 0.336 e. The lowest BCUT2D eigenvalue weighted by atomic mass is 10.00. The van der Waals surface area contributed by atoms with Crippen LogP contribution in [0.25, 0.3) is 0 Å². The molecule has 1 unspecified atom stereocenters. The van der Waals surface area contributed by atoms with Crippen molar-refractivity contribution < 1.29 is 4.79 Å². The van der Waals surface area contributed by atoms with E-state index in [4.69, 9.17) is 17.3 Å². The van der Waals surface area contributed by atoms with E-state index in [0.29, 0.717) is 12.3 Å². The molecule has 1 amide bonds. The number of carbonyl (C=O) groups is 1. The van der Waals surface area contributed by atoms with Crippen molar-refractivity contribution in [3.63, 3.8) is 0 Å². The minimum Gasteiger partial charge on any atom is -0.336 e. The summed E-state index contributed by atoms with van der Waals surface area (Å²) in [5.41, 5.74) is 6.73. The SMILES string of the molecule is Cl.NCCCCCCC(=O)N1CCCCCC1c1ccc(Cl)cc1. The standard InChI is InChI=1S/C19H29ClN2O.ClH/c20-17-12-10-16(11-13-17)18-8-4-3-7-15-22(18)19(23)9-5-1-2-6-14-21;/h10-13,18H,1-9,14-15,21H2;1H. The highest BCUT2D eigenvalue weighted by atomic mass is 35.5. The lowest BCUT2D eigenvalue weighted by molar-refractivity contribution is -0.133. The number of carbonyl (C=O) groups excluding carboxylic acids is 1. The van der Waals surface area contributed by atoms with Gasteiger partial charge in [0.25, 0.3) is 0 Å². The summed E-state index contributed by atoms with van der Waals surface area (Å²) >= 11 is 6.00. The second-order valence-corrected chi connectivity index (χ2v) is 6.89. The Balaban J connectivity index is 0.00000288. The maximum Gasteiger partial charge on any atom is 0.223 e. The first-order valence-electron chi connectivity index (χ1n) is 8.97. The zero-order valence-corrected chi connectivity index (χ0v) is 16.0. The molecule has 2 N–H and O–H groups in total. The molecule has 24 heavy (non-hydrogen) atoms. The van der Waals surface area contributed by atoms with Gasteiger partial charge in [-0.25, -0.2) is 0 Å². The Morgan fingerprint density at radius 2 is 1.79 bits per heavy atom. The van der Waals surface area contributed by atoms with Gasteiger partial charge in [-0.2, -0.15) is 0 Å². The van der Waals surface area contributed by atoms with E-state index in [1.807, 2.05) is 12.1 Å². The molecule has 0 aliphatic carbocycles. The van der Waals surface area contributed by atoms with E-state index in [1.165, 1.54) is 18.4 Å². The van der Waals surface area contributed by atoms with E-state index in [1.54, 1.807) is 0 Å². The number of hydrogen-bond acceptors (Lipinski definition) is 2. The summed E-state index contributed by atoms with van der Waals surface area (Å²) in [6, 6.07) is 8.21. The molecule has 1 atom stereocenters. The summed E-state index contributed by atoms with van der Waals surface area (Å²) in [5.74, 6) is 0.305. The van der Waals surface area contributed by atoms with Gasteiger partial charge >= 0.3 is 0 Å². The fourth-order valence-electron chi connectivity index (χ4n) is 3.36. The number of unbranched alkanes of at least 4 members (excludes halogenated alkanes) is 3. The molecule has 2 rings (SSSR count). The lowest BCUT2D eigenvalue weighted by Crippen LogP contribution is -2.34. The summed E-state index contributed by atoms with van der Waals surface area (Å²) < 4.78 is 0. The normalized spacial score (nSPS) is 17.9. The van der Waals surface area contributed by atoms with E-state index >= 15 is 0 Å². The molecule has 0 saturated carbocycles. The van der Waals surface area contributed by atoms with Crippen LogP contribution in [0.5, 0.6) is 0 Å². The third-order valence-electron chi connectivity index (χ3n) is 4.67. The van der Waals surface area contributed by atoms with Crippen LogP contribution in [0.3, 0.4) is 0 Å². The van der Waals surface area contributed by atoms with Crippen molar-refractivity contribution in [2.75, 3.05) is 13.1 Å². The van der Waals surface area contributed by atoms with Crippen molar-refractivity contribution in [3.05, 3.63) is 34.9 Å². The maximum absolute atomic E-state index is 12.7. The Bertz CT molecular complexity index is 479. The van der Waals surface area contributed by atoms with Crippen LogP contribution in [0.1, 0.15) is 69.4 Å². The van der Waals surface area contributed by atoms with Crippen LogP contribution in [-0.4, -0.2) is 23.9 Å². The molecule has 1 aliphatic rings. The molecular weight excluding hydrogens is 343 g/mol. The van der Waals surface area contributed by atoms with E-state index in [9.17, 15) is 4.79 Å². The number of benzene rings is 1. The average Bonchev–Trinajstić information content (AvgIpc) is 2.81. The number of nitrogens with two attached hydrogens (primary N) is 1. The van der Waals surface area contributed by atoms with Crippen molar-refractivity contribution >= 4 is 29.9 Å². The van der Waals surface area contributed by atoms with Crippen LogP contribution in [0.2, 0.25) is 5.02 Å². The number of likely N-dealkylation sites (tertiary alicyclic amines) is 1. The quantitative estimate of drug-likeness (QED) is 0.675.